The summed E-state index contributed by atoms with van der Waals surface area (Å²) in [5.74, 6) is 0.940. The van der Waals surface area contributed by atoms with Crippen LogP contribution in [0.3, 0.4) is 0 Å². The van der Waals surface area contributed by atoms with Crippen molar-refractivity contribution in [3.8, 4) is 5.75 Å². The Morgan fingerprint density at radius 1 is 1.22 bits per heavy atom. The van der Waals surface area contributed by atoms with Crippen LogP contribution >= 0.6 is 0 Å². The number of hydrogen-bond acceptors (Lipinski definition) is 2. The Morgan fingerprint density at radius 3 is 2.89 bits per heavy atom. The van der Waals surface area contributed by atoms with E-state index in [1.54, 1.807) is 0 Å². The average Bonchev–Trinajstić information content (AvgIpc) is 2.45. The largest absolute Gasteiger partial charge is 0.489 e. The summed E-state index contributed by atoms with van der Waals surface area (Å²) in [4.78, 5) is 0. The van der Waals surface area contributed by atoms with Crippen LogP contribution in [0.4, 0.5) is 0 Å². The first-order valence-electron chi connectivity index (χ1n) is 6.27. The predicted octanol–water partition coefficient (Wildman–Crippen LogP) is 2.96. The molecule has 1 aromatic rings. The first kappa shape index (κ1) is 12.9. The van der Waals surface area contributed by atoms with E-state index in [-0.39, 0.29) is 0 Å². The van der Waals surface area contributed by atoms with Gasteiger partial charge in [-0.3, -0.25) is 0 Å². The standard InChI is InChI=1S/C16H18NO/c1-2-17-12-15-10-6-7-11-16(15)18-13-14-8-4-3-5-9-14/h3-8,10-11,17H,2,12-13H2,1H3. The molecule has 0 atom stereocenters. The van der Waals surface area contributed by atoms with E-state index in [1.165, 1.54) is 5.56 Å². The van der Waals surface area contributed by atoms with Crippen LogP contribution in [0.15, 0.2) is 48.1 Å². The second kappa shape index (κ2) is 7.02. The molecule has 0 fully saturated rings. The maximum absolute atomic E-state index is 5.85. The second-order valence-corrected chi connectivity index (χ2v) is 4.06. The van der Waals surface area contributed by atoms with Gasteiger partial charge in [0.1, 0.15) is 12.4 Å². The molecule has 2 rings (SSSR count). The zero-order chi connectivity index (χ0) is 12.6. The van der Waals surface area contributed by atoms with Gasteiger partial charge in [-0.2, -0.15) is 0 Å². The van der Waals surface area contributed by atoms with Crippen molar-refractivity contribution in [1.82, 2.24) is 5.32 Å². The van der Waals surface area contributed by atoms with Crippen LogP contribution in [0.25, 0.3) is 0 Å². The molecular formula is C16H18NO. The smallest absolute Gasteiger partial charge is 0.124 e. The molecule has 0 aromatic heterocycles. The van der Waals surface area contributed by atoms with Gasteiger partial charge in [0.2, 0.25) is 0 Å². The highest BCUT2D eigenvalue weighted by atomic mass is 16.5. The fraction of sp³-hybridized carbons (Fsp3) is 0.250. The van der Waals surface area contributed by atoms with Gasteiger partial charge < -0.3 is 10.1 Å². The van der Waals surface area contributed by atoms with Gasteiger partial charge >= 0.3 is 0 Å². The fourth-order valence-corrected chi connectivity index (χ4v) is 1.73. The van der Waals surface area contributed by atoms with Crippen molar-refractivity contribution < 1.29 is 4.74 Å². The Balaban J connectivity index is 1.95. The van der Waals surface area contributed by atoms with Crippen LogP contribution in [-0.2, 0) is 6.54 Å². The van der Waals surface area contributed by atoms with E-state index in [0.717, 1.165) is 24.4 Å². The molecule has 3 radical (unpaired) electrons. The minimum absolute atomic E-state index is 0.560. The van der Waals surface area contributed by atoms with Crippen LogP contribution < -0.4 is 10.1 Å². The monoisotopic (exact) mass is 240 g/mol. The van der Waals surface area contributed by atoms with Crippen molar-refractivity contribution in [3.63, 3.8) is 0 Å². The third kappa shape index (κ3) is 3.74. The van der Waals surface area contributed by atoms with E-state index >= 15 is 0 Å². The highest BCUT2D eigenvalue weighted by Crippen LogP contribution is 2.19. The van der Waals surface area contributed by atoms with E-state index in [4.69, 9.17) is 4.74 Å². The SMILES string of the molecule is CCNCc1ccccc1OCC1=CC=C[CH][C]1. The Hall–Kier alpha value is -1.54. The predicted molar refractivity (Wildman–Crippen MR) is 74.1 cm³/mol. The van der Waals surface area contributed by atoms with Crippen molar-refractivity contribution in [2.75, 3.05) is 13.2 Å². The fourth-order valence-electron chi connectivity index (χ4n) is 1.73. The molecule has 1 aliphatic carbocycles. The third-order valence-corrected chi connectivity index (χ3v) is 2.69. The number of benzene rings is 1. The molecule has 0 saturated carbocycles. The van der Waals surface area contributed by atoms with E-state index in [9.17, 15) is 0 Å². The molecule has 2 heteroatoms. The van der Waals surface area contributed by atoms with E-state index in [1.807, 2.05) is 42.8 Å². The number of nitrogens with one attached hydrogen (secondary N) is 1. The highest BCUT2D eigenvalue weighted by molar-refractivity contribution is 5.36. The lowest BCUT2D eigenvalue weighted by atomic mass is 10.1. The van der Waals surface area contributed by atoms with Crippen molar-refractivity contribution in [3.05, 3.63) is 66.5 Å². The summed E-state index contributed by atoms with van der Waals surface area (Å²) >= 11 is 0. The van der Waals surface area contributed by atoms with Gasteiger partial charge in [0, 0.05) is 18.5 Å². The molecule has 18 heavy (non-hydrogen) atoms. The van der Waals surface area contributed by atoms with Gasteiger partial charge in [0.15, 0.2) is 0 Å². The Kier molecular flexibility index (Phi) is 5.03. The summed E-state index contributed by atoms with van der Waals surface area (Å²) in [5.41, 5.74) is 2.26. The zero-order valence-corrected chi connectivity index (χ0v) is 10.6. The number of para-hydroxylation sites is 1. The lowest BCUT2D eigenvalue weighted by Gasteiger charge is -2.13. The molecule has 1 aromatic carbocycles. The molecule has 0 heterocycles. The van der Waals surface area contributed by atoms with E-state index in [0.29, 0.717) is 6.61 Å². The number of ether oxygens (including phenoxy) is 1. The Bertz CT molecular complexity index is 434. The number of hydrogen-bond donors (Lipinski definition) is 1. The first-order valence-corrected chi connectivity index (χ1v) is 6.27. The van der Waals surface area contributed by atoms with Gasteiger partial charge in [-0.15, -0.1) is 0 Å². The van der Waals surface area contributed by atoms with Gasteiger partial charge in [0.05, 0.1) is 0 Å². The quantitative estimate of drug-likeness (QED) is 0.825. The molecule has 0 saturated heterocycles. The third-order valence-electron chi connectivity index (χ3n) is 2.69. The molecule has 0 unspecified atom stereocenters. The minimum atomic E-state index is 0.560. The van der Waals surface area contributed by atoms with Crippen LogP contribution in [0.5, 0.6) is 5.75 Å². The summed E-state index contributed by atoms with van der Waals surface area (Å²) in [6, 6.07) is 8.13. The van der Waals surface area contributed by atoms with Crippen molar-refractivity contribution in [2.24, 2.45) is 0 Å². The van der Waals surface area contributed by atoms with Gasteiger partial charge in [-0.05, 0) is 24.6 Å². The number of allylic oxidation sites excluding steroid dienone is 3. The molecule has 1 N–H and O–H groups in total. The van der Waals surface area contributed by atoms with Crippen LogP contribution in [0.2, 0.25) is 0 Å². The van der Waals surface area contributed by atoms with Crippen LogP contribution in [-0.4, -0.2) is 13.2 Å². The van der Waals surface area contributed by atoms with Crippen LogP contribution in [0, 0.1) is 12.8 Å². The lowest BCUT2D eigenvalue weighted by molar-refractivity contribution is 0.349. The van der Waals surface area contributed by atoms with Gasteiger partial charge in [-0.1, -0.05) is 43.4 Å². The number of rotatable bonds is 6. The summed E-state index contributed by atoms with van der Waals surface area (Å²) in [7, 11) is 0. The molecule has 1 aliphatic rings. The molecule has 0 bridgehead atoms. The topological polar surface area (TPSA) is 21.3 Å². The molecule has 2 nitrogen and oxygen atoms in total. The van der Waals surface area contributed by atoms with Crippen molar-refractivity contribution in [1.29, 1.82) is 0 Å². The van der Waals surface area contributed by atoms with Crippen molar-refractivity contribution >= 4 is 0 Å². The van der Waals surface area contributed by atoms with E-state index < -0.39 is 0 Å². The zero-order valence-electron chi connectivity index (χ0n) is 10.6. The van der Waals surface area contributed by atoms with Crippen LogP contribution in [0.1, 0.15) is 12.5 Å². The first-order chi connectivity index (χ1) is 8.90. The Labute approximate surface area is 109 Å². The van der Waals surface area contributed by atoms with Gasteiger partial charge in [-0.25, -0.2) is 0 Å². The van der Waals surface area contributed by atoms with Gasteiger partial charge in [0.25, 0.3) is 0 Å². The van der Waals surface area contributed by atoms with Crippen molar-refractivity contribution in [2.45, 2.75) is 13.5 Å². The summed E-state index contributed by atoms with van der Waals surface area (Å²) in [6.07, 6.45) is 11.0. The minimum Gasteiger partial charge on any atom is -0.489 e. The molecule has 0 spiro atoms. The maximum Gasteiger partial charge on any atom is 0.124 e. The summed E-state index contributed by atoms with van der Waals surface area (Å²) < 4.78 is 5.85. The molecule has 93 valence electrons. The second-order valence-electron chi connectivity index (χ2n) is 4.06. The highest BCUT2D eigenvalue weighted by Gasteiger charge is 2.05. The van der Waals surface area contributed by atoms with E-state index in [2.05, 4.69) is 24.7 Å². The normalized spacial score (nSPS) is 14.4. The molecule has 0 aliphatic heterocycles. The summed E-state index contributed by atoms with van der Waals surface area (Å²) in [5, 5.41) is 3.32. The molecule has 0 amide bonds. The average molecular weight is 240 g/mol. The summed E-state index contributed by atoms with van der Waals surface area (Å²) in [6.45, 7) is 4.46. The lowest BCUT2D eigenvalue weighted by Crippen LogP contribution is -2.13. The maximum atomic E-state index is 5.85. The Morgan fingerprint density at radius 2 is 2.11 bits per heavy atom. The molecular weight excluding hydrogens is 222 g/mol.